The third-order valence-electron chi connectivity index (χ3n) is 1.70. The summed E-state index contributed by atoms with van der Waals surface area (Å²) < 4.78 is 45.6. The van der Waals surface area contributed by atoms with Gasteiger partial charge >= 0.3 is 24.0 Å². The van der Waals surface area contributed by atoms with Crippen molar-refractivity contribution in [3.05, 3.63) is 0 Å². The summed E-state index contributed by atoms with van der Waals surface area (Å²) in [6.07, 6.45) is -5.23. The first-order chi connectivity index (χ1) is 8.88. The maximum atomic E-state index is 12.1. The molecule has 0 aliphatic heterocycles. The van der Waals surface area contributed by atoms with Crippen LogP contribution in [0.3, 0.4) is 0 Å². The summed E-state index contributed by atoms with van der Waals surface area (Å²) in [5.74, 6) is -5.07. The number of amides is 1. The number of carbonyl (C=O) groups excluding carboxylic acids is 3. The smallest absolute Gasteiger partial charge is 0.464 e. The lowest BCUT2D eigenvalue weighted by molar-refractivity contribution is -0.180. The van der Waals surface area contributed by atoms with Crippen LogP contribution in [0.4, 0.5) is 13.2 Å². The van der Waals surface area contributed by atoms with Gasteiger partial charge in [-0.05, 0) is 27.7 Å². The van der Waals surface area contributed by atoms with E-state index in [2.05, 4.69) is 4.74 Å². The van der Waals surface area contributed by atoms with E-state index < -0.39 is 35.7 Å². The molecule has 1 atom stereocenters. The van der Waals surface area contributed by atoms with Gasteiger partial charge < -0.3 is 14.8 Å². The van der Waals surface area contributed by atoms with Crippen molar-refractivity contribution in [2.45, 2.75) is 45.5 Å². The van der Waals surface area contributed by atoms with Gasteiger partial charge in [0.15, 0.2) is 0 Å². The summed E-state index contributed by atoms with van der Waals surface area (Å²) in [5.41, 5.74) is -1.04. The van der Waals surface area contributed by atoms with Crippen molar-refractivity contribution in [2.75, 3.05) is 6.61 Å². The van der Waals surface area contributed by atoms with E-state index in [9.17, 15) is 27.6 Å². The Hall–Kier alpha value is -1.80. The lowest BCUT2D eigenvalue weighted by atomic mass is 10.2. The second kappa shape index (κ2) is 6.58. The predicted molar refractivity (Wildman–Crippen MR) is 60.5 cm³/mol. The van der Waals surface area contributed by atoms with Crippen molar-refractivity contribution in [3.8, 4) is 0 Å². The Kier molecular flexibility index (Phi) is 5.98. The fourth-order valence-corrected chi connectivity index (χ4v) is 1.01. The van der Waals surface area contributed by atoms with Crippen LogP contribution in [0.5, 0.6) is 0 Å². The van der Waals surface area contributed by atoms with Crippen LogP contribution in [0.15, 0.2) is 0 Å². The van der Waals surface area contributed by atoms with Crippen molar-refractivity contribution < 1.29 is 37.0 Å². The van der Waals surface area contributed by atoms with Gasteiger partial charge in [-0.25, -0.2) is 9.59 Å². The second-order valence-corrected chi connectivity index (χ2v) is 4.69. The maximum absolute atomic E-state index is 12.1. The van der Waals surface area contributed by atoms with Crippen molar-refractivity contribution in [1.29, 1.82) is 0 Å². The number of esters is 2. The van der Waals surface area contributed by atoms with E-state index in [1.807, 2.05) is 0 Å². The zero-order valence-electron chi connectivity index (χ0n) is 11.5. The Morgan fingerprint density at radius 2 is 1.60 bits per heavy atom. The molecule has 116 valence electrons. The number of halogens is 3. The number of carbonyl (C=O) groups is 3. The number of ether oxygens (including phenoxy) is 2. The maximum Gasteiger partial charge on any atom is 0.471 e. The molecule has 1 N–H and O–H groups in total. The first-order valence-electron chi connectivity index (χ1n) is 5.65. The fourth-order valence-electron chi connectivity index (χ4n) is 1.01. The topological polar surface area (TPSA) is 81.7 Å². The Labute approximate surface area is 113 Å². The minimum atomic E-state index is -5.23. The SMILES string of the molecule is CCOC(=O)C(NC(=O)C(F)(F)F)C(=O)OC(C)(C)C. The molecule has 0 heterocycles. The van der Waals surface area contributed by atoms with Crippen molar-refractivity contribution in [2.24, 2.45) is 0 Å². The number of nitrogens with one attached hydrogen (secondary N) is 1. The average Bonchev–Trinajstić information content (AvgIpc) is 2.21. The summed E-state index contributed by atoms with van der Waals surface area (Å²) in [6, 6.07) is -2.16. The van der Waals surface area contributed by atoms with Crippen molar-refractivity contribution >= 4 is 17.8 Å². The Balaban J connectivity index is 5.05. The summed E-state index contributed by atoms with van der Waals surface area (Å²) >= 11 is 0. The Morgan fingerprint density at radius 1 is 1.10 bits per heavy atom. The van der Waals surface area contributed by atoms with Gasteiger partial charge in [0, 0.05) is 0 Å². The molecule has 0 fully saturated rings. The highest BCUT2D eigenvalue weighted by Crippen LogP contribution is 2.15. The van der Waals surface area contributed by atoms with E-state index in [4.69, 9.17) is 4.74 Å². The van der Waals surface area contributed by atoms with Crippen molar-refractivity contribution in [3.63, 3.8) is 0 Å². The van der Waals surface area contributed by atoms with Crippen LogP contribution in [-0.4, -0.2) is 42.3 Å². The highest BCUT2D eigenvalue weighted by atomic mass is 19.4. The van der Waals surface area contributed by atoms with Gasteiger partial charge in [-0.15, -0.1) is 0 Å². The van der Waals surface area contributed by atoms with E-state index >= 15 is 0 Å². The zero-order chi connectivity index (χ0) is 16.1. The molecule has 0 bridgehead atoms. The minimum Gasteiger partial charge on any atom is -0.464 e. The first kappa shape index (κ1) is 18.2. The fraction of sp³-hybridized carbons (Fsp3) is 0.727. The summed E-state index contributed by atoms with van der Waals surface area (Å²) in [4.78, 5) is 33.9. The molecule has 0 aromatic rings. The molecule has 0 spiro atoms. The molecule has 0 radical (unpaired) electrons. The molecule has 20 heavy (non-hydrogen) atoms. The summed E-state index contributed by atoms with van der Waals surface area (Å²) in [6.45, 7) is 5.60. The van der Waals surface area contributed by atoms with E-state index in [1.54, 1.807) is 0 Å². The molecule has 0 saturated heterocycles. The number of hydrogen-bond acceptors (Lipinski definition) is 5. The lowest BCUT2D eigenvalue weighted by Crippen LogP contribution is -2.53. The number of alkyl halides is 3. The van der Waals surface area contributed by atoms with Crippen LogP contribution < -0.4 is 5.32 Å². The zero-order valence-corrected chi connectivity index (χ0v) is 11.5. The molecular weight excluding hydrogens is 283 g/mol. The van der Waals surface area contributed by atoms with E-state index in [0.717, 1.165) is 0 Å². The molecule has 0 rings (SSSR count). The van der Waals surface area contributed by atoms with Crippen LogP contribution >= 0.6 is 0 Å². The average molecular weight is 299 g/mol. The highest BCUT2D eigenvalue weighted by Gasteiger charge is 2.44. The van der Waals surface area contributed by atoms with Crippen molar-refractivity contribution in [1.82, 2.24) is 5.32 Å². The van der Waals surface area contributed by atoms with Gasteiger partial charge in [0.1, 0.15) is 5.60 Å². The molecule has 0 aromatic heterocycles. The first-order valence-corrected chi connectivity index (χ1v) is 5.65. The lowest BCUT2D eigenvalue weighted by Gasteiger charge is -2.23. The van der Waals surface area contributed by atoms with E-state index in [-0.39, 0.29) is 6.61 Å². The molecule has 0 aliphatic carbocycles. The third-order valence-corrected chi connectivity index (χ3v) is 1.70. The molecule has 0 aliphatic rings. The van der Waals surface area contributed by atoms with Gasteiger partial charge in [-0.2, -0.15) is 13.2 Å². The molecule has 0 aromatic carbocycles. The summed E-state index contributed by atoms with van der Waals surface area (Å²) in [7, 11) is 0. The van der Waals surface area contributed by atoms with Gasteiger partial charge in [0.2, 0.25) is 6.04 Å². The van der Waals surface area contributed by atoms with Crippen LogP contribution in [0.1, 0.15) is 27.7 Å². The standard InChI is InChI=1S/C11H16F3NO5/c1-5-19-7(16)6(8(17)20-10(2,3)4)15-9(18)11(12,13)14/h6H,5H2,1-4H3,(H,15,18). The van der Waals surface area contributed by atoms with Gasteiger partial charge in [-0.3, -0.25) is 4.79 Å². The normalized spacial score (nSPS) is 13.3. The van der Waals surface area contributed by atoms with Gasteiger partial charge in [0.25, 0.3) is 0 Å². The van der Waals surface area contributed by atoms with Crippen LogP contribution in [-0.2, 0) is 23.9 Å². The minimum absolute atomic E-state index is 0.167. The van der Waals surface area contributed by atoms with Crippen LogP contribution in [0.25, 0.3) is 0 Å². The van der Waals surface area contributed by atoms with Gasteiger partial charge in [0.05, 0.1) is 6.61 Å². The number of rotatable bonds is 4. The molecule has 6 nitrogen and oxygen atoms in total. The largest absolute Gasteiger partial charge is 0.471 e. The summed E-state index contributed by atoms with van der Waals surface area (Å²) in [5, 5.41) is 1.25. The molecule has 0 saturated carbocycles. The molecule has 1 amide bonds. The highest BCUT2D eigenvalue weighted by molar-refractivity contribution is 6.03. The second-order valence-electron chi connectivity index (χ2n) is 4.69. The molecule has 1 unspecified atom stereocenters. The van der Waals surface area contributed by atoms with Crippen LogP contribution in [0.2, 0.25) is 0 Å². The quantitative estimate of drug-likeness (QED) is 0.617. The molecule has 9 heteroatoms. The van der Waals surface area contributed by atoms with E-state index in [1.165, 1.54) is 33.0 Å². The predicted octanol–water partition coefficient (Wildman–Crippen LogP) is 0.938. The van der Waals surface area contributed by atoms with E-state index in [0.29, 0.717) is 0 Å². The Morgan fingerprint density at radius 3 is 1.95 bits per heavy atom. The monoisotopic (exact) mass is 299 g/mol. The van der Waals surface area contributed by atoms with Gasteiger partial charge in [-0.1, -0.05) is 0 Å². The number of hydrogen-bond donors (Lipinski definition) is 1. The third kappa shape index (κ3) is 6.39. The van der Waals surface area contributed by atoms with Crippen LogP contribution in [0, 0.1) is 0 Å². The molecular formula is C11H16F3NO5. The Bertz CT molecular complexity index is 387.